The van der Waals surface area contributed by atoms with Crippen LogP contribution in [-0.2, 0) is 28.9 Å². The monoisotopic (exact) mass is 664 g/mol. The van der Waals surface area contributed by atoms with Gasteiger partial charge in [0.25, 0.3) is 11.8 Å². The number of carbonyl (C=O) groups is 3. The number of aromatic hydroxyl groups is 1. The number of pyridine rings is 1. The molecule has 2 fully saturated rings. The van der Waals surface area contributed by atoms with Crippen LogP contribution >= 0.6 is 0 Å². The van der Waals surface area contributed by atoms with Crippen LogP contribution in [0, 0.1) is 17.5 Å². The maximum atomic E-state index is 14.2. The molecule has 6 rings (SSSR count). The molecule has 2 saturated heterocycles. The highest BCUT2D eigenvalue weighted by atomic mass is 19.4. The molecule has 10 nitrogen and oxygen atoms in total. The third-order valence-electron chi connectivity index (χ3n) is 8.88. The lowest BCUT2D eigenvalue weighted by Crippen LogP contribution is -2.52. The number of rotatable bonds is 5. The number of benzene rings is 2. The van der Waals surface area contributed by atoms with Crippen molar-refractivity contribution in [3.8, 4) is 5.75 Å². The Bertz CT molecular complexity index is 1860. The minimum atomic E-state index is -4.61. The second kappa shape index (κ2) is 11.4. The number of alkyl halides is 3. The summed E-state index contributed by atoms with van der Waals surface area (Å²) in [5.74, 6) is -7.30. The molecule has 0 saturated carbocycles. The molecule has 3 atom stereocenters. The van der Waals surface area contributed by atoms with E-state index in [9.17, 15) is 50.6 Å². The van der Waals surface area contributed by atoms with Gasteiger partial charge in [-0.15, -0.1) is 0 Å². The van der Waals surface area contributed by atoms with E-state index in [0.717, 1.165) is 23.4 Å². The topological polar surface area (TPSA) is 121 Å². The van der Waals surface area contributed by atoms with Gasteiger partial charge in [0.05, 0.1) is 24.6 Å². The van der Waals surface area contributed by atoms with Crippen molar-refractivity contribution < 1.29 is 50.7 Å². The fraction of sp³-hybridized carbons (Fsp3) is 0.355. The first-order valence-corrected chi connectivity index (χ1v) is 14.5. The Labute approximate surface area is 262 Å². The van der Waals surface area contributed by atoms with Crippen molar-refractivity contribution in [2.45, 2.75) is 63.1 Å². The van der Waals surface area contributed by atoms with E-state index in [4.69, 9.17) is 4.84 Å². The van der Waals surface area contributed by atoms with Crippen molar-refractivity contribution in [3.63, 3.8) is 0 Å². The Balaban J connectivity index is 1.35. The number of hydroxylamine groups is 2. The standard InChI is InChI=1S/C31H26F6N4O6/c1-15-5-6-30(10-24(42)41(47-30)12-16-3-2-4-17(7-16)31(35,36)37)23-14-39(15)29(46)25-27(44)26(43)20(13-40(23)25)28(45)38-11-19-21(33)8-18(32)9-22(19)34/h2-4,7-9,13,15,23,44H,5-6,10-12,14H2,1H3,(H,38,45)/t15-,23+,30-/m0/s1. The molecule has 4 heterocycles. The van der Waals surface area contributed by atoms with Crippen molar-refractivity contribution in [1.29, 1.82) is 0 Å². The van der Waals surface area contributed by atoms with Crippen molar-refractivity contribution in [2.24, 2.45) is 0 Å². The second-order valence-corrected chi connectivity index (χ2v) is 11.8. The molecule has 16 heteroatoms. The Morgan fingerprint density at radius 2 is 1.81 bits per heavy atom. The van der Waals surface area contributed by atoms with Gasteiger partial charge in [-0.05, 0) is 37.5 Å². The van der Waals surface area contributed by atoms with Crippen molar-refractivity contribution in [1.82, 2.24) is 19.8 Å². The predicted molar refractivity (Wildman–Crippen MR) is 149 cm³/mol. The van der Waals surface area contributed by atoms with Crippen LogP contribution in [0.15, 0.2) is 47.4 Å². The smallest absolute Gasteiger partial charge is 0.416 e. The van der Waals surface area contributed by atoms with Crippen LogP contribution in [-0.4, -0.2) is 55.5 Å². The Morgan fingerprint density at radius 3 is 2.49 bits per heavy atom. The van der Waals surface area contributed by atoms with Crippen molar-refractivity contribution >= 4 is 17.7 Å². The summed E-state index contributed by atoms with van der Waals surface area (Å²) in [4.78, 5) is 60.7. The normalized spacial score (nSPS) is 22.4. The summed E-state index contributed by atoms with van der Waals surface area (Å²) in [5, 5.41) is 14.1. The van der Waals surface area contributed by atoms with Gasteiger partial charge >= 0.3 is 6.18 Å². The number of nitrogens with one attached hydrogen (secondary N) is 1. The van der Waals surface area contributed by atoms with Gasteiger partial charge in [-0.25, -0.2) is 18.2 Å². The summed E-state index contributed by atoms with van der Waals surface area (Å²) in [6.07, 6.45) is -3.41. The van der Waals surface area contributed by atoms with Gasteiger partial charge in [0.1, 0.15) is 28.6 Å². The SMILES string of the molecule is C[C@H]1CC[C@]2(CC(=O)N(Cc3cccc(C(F)(F)F)c3)O2)[C@H]2CN1C(=O)c1c(O)c(=O)c(C(=O)NCc3c(F)cc(F)cc3F)cn12. The molecule has 0 unspecified atom stereocenters. The van der Waals surface area contributed by atoms with Gasteiger partial charge in [-0.2, -0.15) is 13.2 Å². The van der Waals surface area contributed by atoms with Crippen LogP contribution < -0.4 is 10.7 Å². The van der Waals surface area contributed by atoms with E-state index in [-0.39, 0.29) is 31.5 Å². The maximum absolute atomic E-state index is 14.2. The maximum Gasteiger partial charge on any atom is 0.416 e. The molecule has 3 aliphatic rings. The molecular formula is C31H26F6N4O6. The van der Waals surface area contributed by atoms with Crippen LogP contribution in [0.2, 0.25) is 0 Å². The molecule has 2 N–H and O–H groups in total. The fourth-order valence-electron chi connectivity index (χ4n) is 6.40. The molecule has 47 heavy (non-hydrogen) atoms. The summed E-state index contributed by atoms with van der Waals surface area (Å²) in [6, 6.07) is 3.80. The summed E-state index contributed by atoms with van der Waals surface area (Å²) in [7, 11) is 0. The Hall–Kier alpha value is -4.86. The number of carbonyl (C=O) groups excluding carboxylic acids is 3. The Kier molecular flexibility index (Phi) is 7.81. The van der Waals surface area contributed by atoms with E-state index in [1.54, 1.807) is 6.92 Å². The lowest BCUT2D eigenvalue weighted by Gasteiger charge is -2.42. The average Bonchev–Trinajstić information content (AvgIpc) is 3.25. The quantitative estimate of drug-likeness (QED) is 0.395. The van der Waals surface area contributed by atoms with Gasteiger partial charge in [0.2, 0.25) is 11.3 Å². The van der Waals surface area contributed by atoms with Gasteiger partial charge < -0.3 is 19.9 Å². The van der Waals surface area contributed by atoms with Crippen LogP contribution in [0.5, 0.6) is 5.75 Å². The number of halogens is 6. The second-order valence-electron chi connectivity index (χ2n) is 11.8. The summed E-state index contributed by atoms with van der Waals surface area (Å²) >= 11 is 0. The van der Waals surface area contributed by atoms with Crippen LogP contribution in [0.4, 0.5) is 26.3 Å². The molecule has 2 bridgehead atoms. The van der Waals surface area contributed by atoms with Gasteiger partial charge in [0, 0.05) is 43.0 Å². The average molecular weight is 665 g/mol. The van der Waals surface area contributed by atoms with Crippen molar-refractivity contribution in [2.75, 3.05) is 6.54 Å². The number of nitrogens with zero attached hydrogens (tertiary/aromatic N) is 3. The third-order valence-corrected chi connectivity index (χ3v) is 8.88. The molecular weight excluding hydrogens is 638 g/mol. The molecule has 0 radical (unpaired) electrons. The van der Waals surface area contributed by atoms with E-state index in [2.05, 4.69) is 5.32 Å². The molecule has 3 aliphatic heterocycles. The molecule has 1 aromatic heterocycles. The number of aromatic nitrogens is 1. The number of fused-ring (bicyclic) bond motifs is 5. The lowest BCUT2D eigenvalue weighted by atomic mass is 9.85. The fourth-order valence-corrected chi connectivity index (χ4v) is 6.40. The predicted octanol–water partition coefficient (Wildman–Crippen LogP) is 4.20. The summed E-state index contributed by atoms with van der Waals surface area (Å²) in [6.45, 7) is 0.527. The van der Waals surface area contributed by atoms with E-state index in [1.807, 2.05) is 0 Å². The first-order valence-electron chi connectivity index (χ1n) is 14.5. The van der Waals surface area contributed by atoms with E-state index in [0.29, 0.717) is 18.6 Å². The number of hydrogen-bond donors (Lipinski definition) is 2. The summed E-state index contributed by atoms with van der Waals surface area (Å²) < 4.78 is 82.7. The molecule has 1 spiro atoms. The molecule has 3 aromatic rings. The highest BCUT2D eigenvalue weighted by molar-refractivity contribution is 5.99. The number of hydrogen-bond acceptors (Lipinski definition) is 6. The van der Waals surface area contributed by atoms with E-state index in [1.165, 1.54) is 21.6 Å². The highest BCUT2D eigenvalue weighted by Gasteiger charge is 2.56. The minimum absolute atomic E-state index is 0.0763. The first-order chi connectivity index (χ1) is 22.1. The Morgan fingerprint density at radius 1 is 1.11 bits per heavy atom. The summed E-state index contributed by atoms with van der Waals surface area (Å²) in [5.41, 5.74) is -5.30. The van der Waals surface area contributed by atoms with Crippen molar-refractivity contribution in [3.05, 3.63) is 98.2 Å². The lowest BCUT2D eigenvalue weighted by molar-refractivity contribution is -0.218. The first kappa shape index (κ1) is 32.1. The molecule has 3 amide bonds. The zero-order valence-electron chi connectivity index (χ0n) is 24.5. The van der Waals surface area contributed by atoms with Crippen LogP contribution in [0.3, 0.4) is 0 Å². The minimum Gasteiger partial charge on any atom is -0.503 e. The van der Waals surface area contributed by atoms with Gasteiger partial charge in [0.15, 0.2) is 11.4 Å². The number of amides is 3. The zero-order valence-corrected chi connectivity index (χ0v) is 24.5. The van der Waals surface area contributed by atoms with Gasteiger partial charge in [-0.1, -0.05) is 12.1 Å². The van der Waals surface area contributed by atoms with Crippen LogP contribution in [0.1, 0.15) is 69.8 Å². The highest BCUT2D eigenvalue weighted by Crippen LogP contribution is 2.47. The zero-order chi connectivity index (χ0) is 34.0. The van der Waals surface area contributed by atoms with Crippen LogP contribution in [0.25, 0.3) is 0 Å². The van der Waals surface area contributed by atoms with E-state index >= 15 is 0 Å². The molecule has 248 valence electrons. The largest absolute Gasteiger partial charge is 0.503 e. The molecule has 2 aromatic carbocycles. The van der Waals surface area contributed by atoms with Gasteiger partial charge in [-0.3, -0.25) is 24.0 Å². The molecule has 0 aliphatic carbocycles. The van der Waals surface area contributed by atoms with E-state index < -0.39 is 99.1 Å². The third kappa shape index (κ3) is 5.59.